The molecule has 1 rings (SSSR count). The van der Waals surface area contributed by atoms with E-state index in [0.717, 1.165) is 13.1 Å². The Balaban J connectivity index is 2.42. The molecular weight excluding hydrogens is 292 g/mol. The van der Waals surface area contributed by atoms with Crippen LogP contribution >= 0.6 is 0 Å². The van der Waals surface area contributed by atoms with Crippen LogP contribution in [0, 0.1) is 0 Å². The molecule has 0 bridgehead atoms. The average molecular weight is 333 g/mol. The van der Waals surface area contributed by atoms with Crippen molar-refractivity contribution >= 4 is 0 Å². The quantitative estimate of drug-likeness (QED) is 0.403. The summed E-state index contributed by atoms with van der Waals surface area (Å²) in [5.41, 5.74) is 2.99. The summed E-state index contributed by atoms with van der Waals surface area (Å²) in [6, 6.07) is 8.99. The molecule has 0 radical (unpaired) electrons. The second-order valence-corrected chi connectivity index (χ2v) is 7.37. The van der Waals surface area contributed by atoms with E-state index in [1.165, 1.54) is 75.6 Å². The molecule has 1 aromatic carbocycles. The van der Waals surface area contributed by atoms with Crippen molar-refractivity contribution in [3.63, 3.8) is 0 Å². The zero-order chi connectivity index (χ0) is 17.6. The first-order valence-corrected chi connectivity index (χ1v) is 10.1. The van der Waals surface area contributed by atoms with Gasteiger partial charge in [-0.1, -0.05) is 76.6 Å². The Morgan fingerprint density at radius 2 is 1.04 bits per heavy atom. The Kier molecular flexibility index (Phi) is 11.9. The predicted molar refractivity (Wildman–Crippen MR) is 107 cm³/mol. The molecule has 0 unspecified atom stereocenters. The molecule has 0 aliphatic rings. The molecule has 0 N–H and O–H groups in total. The SMILES string of the molecule is CCCCCCN(C)Cc1ccccc1CN(C)CCCCCC. The number of hydrogen-bond acceptors (Lipinski definition) is 2. The fourth-order valence-corrected chi connectivity index (χ4v) is 3.22. The molecule has 1 aromatic rings. The summed E-state index contributed by atoms with van der Waals surface area (Å²) in [6.45, 7) is 9.12. The van der Waals surface area contributed by atoms with Gasteiger partial charge < -0.3 is 9.80 Å². The van der Waals surface area contributed by atoms with Gasteiger partial charge in [-0.25, -0.2) is 0 Å². The third-order valence-electron chi connectivity index (χ3n) is 4.79. The van der Waals surface area contributed by atoms with Crippen molar-refractivity contribution in [3.8, 4) is 0 Å². The van der Waals surface area contributed by atoms with Gasteiger partial charge in [-0.15, -0.1) is 0 Å². The van der Waals surface area contributed by atoms with Crippen LogP contribution in [0.3, 0.4) is 0 Å². The molecule has 2 heteroatoms. The van der Waals surface area contributed by atoms with Crippen molar-refractivity contribution in [2.75, 3.05) is 27.2 Å². The zero-order valence-corrected chi connectivity index (χ0v) is 16.7. The fraction of sp³-hybridized carbons (Fsp3) is 0.727. The molecule has 0 saturated carbocycles. The Labute approximate surface area is 151 Å². The van der Waals surface area contributed by atoms with E-state index in [0.29, 0.717) is 0 Å². The Bertz CT molecular complexity index is 377. The monoisotopic (exact) mass is 332 g/mol. The third kappa shape index (κ3) is 9.44. The van der Waals surface area contributed by atoms with Gasteiger partial charge in [0.25, 0.3) is 0 Å². The molecule has 0 heterocycles. The molecule has 0 aromatic heterocycles. The summed E-state index contributed by atoms with van der Waals surface area (Å²) < 4.78 is 0. The lowest BCUT2D eigenvalue weighted by Crippen LogP contribution is -2.23. The van der Waals surface area contributed by atoms with E-state index < -0.39 is 0 Å². The summed E-state index contributed by atoms with van der Waals surface area (Å²) in [7, 11) is 4.52. The first-order chi connectivity index (χ1) is 11.7. The maximum Gasteiger partial charge on any atom is 0.0233 e. The molecular formula is C22H40N2. The van der Waals surface area contributed by atoms with E-state index in [1.807, 2.05) is 0 Å². The molecule has 138 valence electrons. The van der Waals surface area contributed by atoms with E-state index in [4.69, 9.17) is 0 Å². The standard InChI is InChI=1S/C22H40N2/c1-5-7-9-13-17-23(3)19-21-15-11-12-16-22(21)20-24(4)18-14-10-8-6-2/h11-12,15-16H,5-10,13-14,17-20H2,1-4H3. The molecule has 0 aliphatic heterocycles. The normalized spacial score (nSPS) is 11.6. The number of unbranched alkanes of at least 4 members (excludes halogenated alkanes) is 6. The number of rotatable bonds is 14. The number of nitrogens with zero attached hydrogens (tertiary/aromatic N) is 2. The van der Waals surface area contributed by atoms with Crippen LogP contribution in [0.5, 0.6) is 0 Å². The molecule has 24 heavy (non-hydrogen) atoms. The third-order valence-corrected chi connectivity index (χ3v) is 4.79. The molecule has 0 aliphatic carbocycles. The molecule has 2 nitrogen and oxygen atoms in total. The highest BCUT2D eigenvalue weighted by Crippen LogP contribution is 2.14. The van der Waals surface area contributed by atoms with Gasteiger partial charge in [0.15, 0.2) is 0 Å². The minimum atomic E-state index is 1.08. The van der Waals surface area contributed by atoms with Crippen molar-refractivity contribution in [1.29, 1.82) is 0 Å². The van der Waals surface area contributed by atoms with Crippen LogP contribution in [0.4, 0.5) is 0 Å². The van der Waals surface area contributed by atoms with Gasteiger partial charge in [0.1, 0.15) is 0 Å². The van der Waals surface area contributed by atoms with Crippen LogP contribution in [0.15, 0.2) is 24.3 Å². The molecule has 0 fully saturated rings. The van der Waals surface area contributed by atoms with Gasteiger partial charge in [0.05, 0.1) is 0 Å². The second-order valence-electron chi connectivity index (χ2n) is 7.37. The van der Waals surface area contributed by atoms with Gasteiger partial charge in [-0.2, -0.15) is 0 Å². The lowest BCUT2D eigenvalue weighted by atomic mass is 10.1. The van der Waals surface area contributed by atoms with Crippen molar-refractivity contribution in [2.24, 2.45) is 0 Å². The number of hydrogen-bond donors (Lipinski definition) is 0. The van der Waals surface area contributed by atoms with Crippen molar-refractivity contribution in [3.05, 3.63) is 35.4 Å². The summed E-state index contributed by atoms with van der Waals surface area (Å²) in [5.74, 6) is 0. The van der Waals surface area contributed by atoms with Crippen LogP contribution < -0.4 is 0 Å². The average Bonchev–Trinajstić information content (AvgIpc) is 2.57. The van der Waals surface area contributed by atoms with Gasteiger partial charge in [-0.05, 0) is 51.2 Å². The number of benzene rings is 1. The Morgan fingerprint density at radius 1 is 0.625 bits per heavy atom. The van der Waals surface area contributed by atoms with E-state index in [9.17, 15) is 0 Å². The molecule has 0 atom stereocenters. The van der Waals surface area contributed by atoms with Gasteiger partial charge in [0, 0.05) is 13.1 Å². The molecule has 0 spiro atoms. The van der Waals surface area contributed by atoms with Gasteiger partial charge in [-0.3, -0.25) is 0 Å². The lowest BCUT2D eigenvalue weighted by Gasteiger charge is -2.22. The maximum absolute atomic E-state index is 2.48. The maximum atomic E-state index is 2.48. The fourth-order valence-electron chi connectivity index (χ4n) is 3.22. The van der Waals surface area contributed by atoms with E-state index in [-0.39, 0.29) is 0 Å². The highest BCUT2D eigenvalue weighted by molar-refractivity contribution is 5.27. The van der Waals surface area contributed by atoms with Gasteiger partial charge >= 0.3 is 0 Å². The zero-order valence-electron chi connectivity index (χ0n) is 16.7. The summed E-state index contributed by atoms with van der Waals surface area (Å²) >= 11 is 0. The summed E-state index contributed by atoms with van der Waals surface area (Å²) in [4.78, 5) is 4.96. The van der Waals surface area contributed by atoms with Crippen LogP contribution in [0.25, 0.3) is 0 Å². The first kappa shape index (κ1) is 21.2. The Morgan fingerprint density at radius 3 is 1.42 bits per heavy atom. The van der Waals surface area contributed by atoms with E-state index in [2.05, 4.69) is 62.0 Å². The molecule has 0 saturated heterocycles. The Hall–Kier alpha value is -0.860. The molecule has 0 amide bonds. The van der Waals surface area contributed by atoms with E-state index in [1.54, 1.807) is 0 Å². The van der Waals surface area contributed by atoms with Crippen molar-refractivity contribution < 1.29 is 0 Å². The highest BCUT2D eigenvalue weighted by atomic mass is 15.1. The summed E-state index contributed by atoms with van der Waals surface area (Å²) in [6.07, 6.45) is 10.7. The summed E-state index contributed by atoms with van der Waals surface area (Å²) in [5, 5.41) is 0. The van der Waals surface area contributed by atoms with Crippen LogP contribution in [-0.2, 0) is 13.1 Å². The van der Waals surface area contributed by atoms with Crippen LogP contribution in [0.1, 0.15) is 76.3 Å². The first-order valence-electron chi connectivity index (χ1n) is 10.1. The smallest absolute Gasteiger partial charge is 0.0233 e. The lowest BCUT2D eigenvalue weighted by molar-refractivity contribution is 0.301. The minimum Gasteiger partial charge on any atom is -0.302 e. The van der Waals surface area contributed by atoms with Crippen LogP contribution in [0.2, 0.25) is 0 Å². The van der Waals surface area contributed by atoms with E-state index >= 15 is 0 Å². The van der Waals surface area contributed by atoms with Crippen LogP contribution in [-0.4, -0.2) is 37.0 Å². The predicted octanol–water partition coefficient (Wildman–Crippen LogP) is 5.71. The highest BCUT2D eigenvalue weighted by Gasteiger charge is 2.08. The topological polar surface area (TPSA) is 6.48 Å². The largest absolute Gasteiger partial charge is 0.302 e. The van der Waals surface area contributed by atoms with Crippen molar-refractivity contribution in [2.45, 2.75) is 78.3 Å². The van der Waals surface area contributed by atoms with Crippen molar-refractivity contribution in [1.82, 2.24) is 9.80 Å². The van der Waals surface area contributed by atoms with Gasteiger partial charge in [0.2, 0.25) is 0 Å². The second kappa shape index (κ2) is 13.4. The minimum absolute atomic E-state index is 1.08.